The fourth-order valence-electron chi connectivity index (χ4n) is 3.81. The van der Waals surface area contributed by atoms with E-state index in [0.29, 0.717) is 23.4 Å². The molecule has 1 aliphatic carbocycles. The Morgan fingerprint density at radius 2 is 2.03 bits per heavy atom. The van der Waals surface area contributed by atoms with Crippen molar-refractivity contribution < 1.29 is 21.9 Å². The van der Waals surface area contributed by atoms with Crippen molar-refractivity contribution in [2.75, 3.05) is 23.0 Å². The van der Waals surface area contributed by atoms with Crippen molar-refractivity contribution in [1.82, 2.24) is 9.40 Å². The second-order valence-electron chi connectivity index (χ2n) is 8.37. The number of hydrogen-bond donors (Lipinski definition) is 4. The van der Waals surface area contributed by atoms with Gasteiger partial charge in [0.25, 0.3) is 15.6 Å². The van der Waals surface area contributed by atoms with Crippen LogP contribution in [0.3, 0.4) is 0 Å². The van der Waals surface area contributed by atoms with E-state index >= 15 is 0 Å². The van der Waals surface area contributed by atoms with Crippen LogP contribution in [-0.2, 0) is 26.6 Å². The number of sulfonamides is 2. The van der Waals surface area contributed by atoms with Gasteiger partial charge in [0.05, 0.1) is 11.3 Å². The summed E-state index contributed by atoms with van der Waals surface area (Å²) in [6.45, 7) is 1.83. The summed E-state index contributed by atoms with van der Waals surface area (Å²) in [4.78, 5) is 13.3. The summed E-state index contributed by atoms with van der Waals surface area (Å²) in [6.07, 6.45) is 2.13. The molecule has 0 atom stereocenters. The number of pyridine rings is 1. The average Bonchev–Trinajstić information content (AvgIpc) is 3.54. The van der Waals surface area contributed by atoms with E-state index in [0.717, 1.165) is 24.2 Å². The van der Waals surface area contributed by atoms with Gasteiger partial charge in [0.15, 0.2) is 5.84 Å². The summed E-state index contributed by atoms with van der Waals surface area (Å²) >= 11 is 1.04. The zero-order chi connectivity index (χ0) is 25.0. The first kappa shape index (κ1) is 23.8. The number of thiophene rings is 1. The van der Waals surface area contributed by atoms with E-state index in [1.54, 1.807) is 24.3 Å². The van der Waals surface area contributed by atoms with Crippen molar-refractivity contribution in [2.24, 2.45) is 10.3 Å². The van der Waals surface area contributed by atoms with E-state index in [2.05, 4.69) is 19.9 Å². The molecule has 1 fully saturated rings. The number of anilines is 1. The lowest BCUT2D eigenvalue weighted by Gasteiger charge is -2.20. The summed E-state index contributed by atoms with van der Waals surface area (Å²) in [5, 5.41) is 15.9. The van der Waals surface area contributed by atoms with Crippen LogP contribution in [0.2, 0.25) is 0 Å². The first-order chi connectivity index (χ1) is 16.6. The van der Waals surface area contributed by atoms with Gasteiger partial charge in [-0.2, -0.15) is 8.42 Å². The molecule has 1 saturated carbocycles. The third-order valence-electron chi connectivity index (χ3n) is 5.91. The van der Waals surface area contributed by atoms with Gasteiger partial charge in [-0.15, -0.1) is 15.7 Å². The van der Waals surface area contributed by atoms with Crippen LogP contribution in [0, 0.1) is 5.92 Å². The molecule has 14 heteroatoms. The van der Waals surface area contributed by atoms with Gasteiger partial charge in [0.1, 0.15) is 21.2 Å². The molecule has 4 N–H and O–H groups in total. The van der Waals surface area contributed by atoms with Crippen LogP contribution in [0.25, 0.3) is 10.9 Å². The number of nitrogens with zero attached hydrogens (tertiary/aromatic N) is 2. The third kappa shape index (κ3) is 4.42. The van der Waals surface area contributed by atoms with E-state index < -0.39 is 25.6 Å². The monoisotopic (exact) mass is 537 g/mol. The molecule has 11 nitrogen and oxygen atoms in total. The maximum atomic E-state index is 13.5. The van der Waals surface area contributed by atoms with E-state index in [4.69, 9.17) is 0 Å². The van der Waals surface area contributed by atoms with Crippen LogP contribution in [0.1, 0.15) is 30.9 Å². The maximum absolute atomic E-state index is 13.5. The maximum Gasteiger partial charge on any atom is 0.287 e. The number of nitrogens with one attached hydrogen (secondary N) is 3. The summed E-state index contributed by atoms with van der Waals surface area (Å²) in [6, 6.07) is 6.77. The molecule has 1 aliphatic heterocycles. The topological polar surface area (TPSA) is 159 Å². The molecule has 0 amide bonds. The lowest BCUT2D eigenvalue weighted by Crippen LogP contribution is -2.37. The van der Waals surface area contributed by atoms with Gasteiger partial charge >= 0.3 is 0 Å². The first-order valence-electron chi connectivity index (χ1n) is 10.9. The molecule has 0 spiro atoms. The number of amidine groups is 1. The molecular formula is C21H23N5O6S3. The van der Waals surface area contributed by atoms with E-state index in [9.17, 15) is 26.7 Å². The Kier molecular flexibility index (Phi) is 5.86. The Morgan fingerprint density at radius 3 is 2.74 bits per heavy atom. The van der Waals surface area contributed by atoms with Gasteiger partial charge < -0.3 is 15.8 Å². The number of aromatic nitrogens is 1. The minimum Gasteiger partial charge on any atom is -0.506 e. The number of hydrogen-bond acceptors (Lipinski definition) is 9. The standard InChI is InChI=1S/C21H23N5O6S3/c1-2-34(29,30)23-10-13-11-33-20-18(13)35(31,32)25-19(24-20)16-17(27)14-5-3-4-6-15(14)26(21(16)28)22-9-12-7-8-12/h3-6,11-12,22-23,27H,2,7-10H2,1H3,(H,24,25). The molecule has 0 saturated heterocycles. The molecule has 0 radical (unpaired) electrons. The van der Waals surface area contributed by atoms with Gasteiger partial charge in [0.2, 0.25) is 10.0 Å². The Morgan fingerprint density at radius 1 is 1.29 bits per heavy atom. The predicted octanol–water partition coefficient (Wildman–Crippen LogP) is 1.72. The average molecular weight is 538 g/mol. The SMILES string of the molecule is CCS(=O)(=O)NCc1csc2c1S(=O)(=O)N=C(c1c(O)c3ccccc3n(NCC3CC3)c1=O)N2. The number of fused-ring (bicyclic) bond motifs is 2. The first-order valence-corrected chi connectivity index (χ1v) is 14.9. The smallest absolute Gasteiger partial charge is 0.287 e. The molecule has 0 bridgehead atoms. The Balaban J connectivity index is 1.59. The summed E-state index contributed by atoms with van der Waals surface area (Å²) in [5.74, 6) is -0.363. The highest BCUT2D eigenvalue weighted by Crippen LogP contribution is 2.38. The summed E-state index contributed by atoms with van der Waals surface area (Å²) in [5.41, 5.74) is 2.89. The van der Waals surface area contributed by atoms with Crippen LogP contribution < -0.4 is 21.0 Å². The minimum atomic E-state index is -4.30. The molecular weight excluding hydrogens is 514 g/mol. The van der Waals surface area contributed by atoms with Crippen LogP contribution in [0.5, 0.6) is 5.75 Å². The van der Waals surface area contributed by atoms with Crippen LogP contribution >= 0.6 is 11.3 Å². The molecule has 3 heterocycles. The van der Waals surface area contributed by atoms with E-state index in [1.807, 2.05) is 0 Å². The van der Waals surface area contributed by atoms with E-state index in [-0.39, 0.29) is 44.9 Å². The van der Waals surface area contributed by atoms with Gasteiger partial charge in [-0.25, -0.2) is 17.8 Å². The molecule has 3 aromatic rings. The zero-order valence-electron chi connectivity index (χ0n) is 18.6. The predicted molar refractivity (Wildman–Crippen MR) is 135 cm³/mol. The van der Waals surface area contributed by atoms with Crippen molar-refractivity contribution in [2.45, 2.75) is 31.2 Å². The zero-order valence-corrected chi connectivity index (χ0v) is 21.1. The Hall–Kier alpha value is -2.94. The fourth-order valence-corrected chi connectivity index (χ4v) is 6.99. The van der Waals surface area contributed by atoms with E-state index in [1.165, 1.54) is 17.0 Å². The van der Waals surface area contributed by atoms with Gasteiger partial charge in [-0.3, -0.25) is 4.79 Å². The summed E-state index contributed by atoms with van der Waals surface area (Å²) in [7, 11) is -7.83. The van der Waals surface area contributed by atoms with Crippen molar-refractivity contribution in [3.63, 3.8) is 0 Å². The molecule has 2 aliphatic rings. The number of benzene rings is 1. The number of para-hydroxylation sites is 1. The van der Waals surface area contributed by atoms with Gasteiger partial charge in [-0.05, 0) is 43.2 Å². The lowest BCUT2D eigenvalue weighted by atomic mass is 10.1. The highest BCUT2D eigenvalue weighted by atomic mass is 32.2. The second kappa shape index (κ2) is 8.62. The largest absolute Gasteiger partial charge is 0.506 e. The van der Waals surface area contributed by atoms with Gasteiger partial charge in [-0.1, -0.05) is 12.1 Å². The Labute approximate surface area is 205 Å². The molecule has 2 aromatic heterocycles. The van der Waals surface area contributed by atoms with Crippen molar-refractivity contribution in [1.29, 1.82) is 0 Å². The minimum absolute atomic E-state index is 0.144. The van der Waals surface area contributed by atoms with Crippen LogP contribution in [-0.4, -0.2) is 44.8 Å². The Bertz CT molecular complexity index is 1640. The molecule has 186 valence electrons. The normalized spacial score (nSPS) is 17.0. The highest BCUT2D eigenvalue weighted by molar-refractivity contribution is 7.91. The van der Waals surface area contributed by atoms with Crippen molar-refractivity contribution >= 4 is 53.1 Å². The van der Waals surface area contributed by atoms with Gasteiger partial charge in [0, 0.05) is 24.0 Å². The van der Waals surface area contributed by atoms with Crippen LogP contribution in [0.4, 0.5) is 5.00 Å². The van der Waals surface area contributed by atoms with Crippen molar-refractivity contribution in [3.8, 4) is 5.75 Å². The second-order valence-corrected chi connectivity index (χ2v) is 12.9. The fraction of sp³-hybridized carbons (Fsp3) is 0.333. The molecule has 0 unspecified atom stereocenters. The third-order valence-corrected chi connectivity index (χ3v) is 9.73. The van der Waals surface area contributed by atoms with Crippen LogP contribution in [0.15, 0.2) is 43.7 Å². The van der Waals surface area contributed by atoms with Crippen molar-refractivity contribution in [3.05, 3.63) is 51.1 Å². The molecule has 5 rings (SSSR count). The number of rotatable bonds is 8. The lowest BCUT2D eigenvalue weighted by molar-refractivity contribution is 0.478. The highest BCUT2D eigenvalue weighted by Gasteiger charge is 2.33. The summed E-state index contributed by atoms with van der Waals surface area (Å²) < 4.78 is 57.3. The number of aromatic hydroxyl groups is 1. The molecule has 35 heavy (non-hydrogen) atoms. The molecule has 1 aromatic carbocycles. The quantitative estimate of drug-likeness (QED) is 0.338.